The van der Waals surface area contributed by atoms with Gasteiger partial charge in [0.05, 0.1) is 18.7 Å². The Balaban J connectivity index is 1.69. The average Bonchev–Trinajstić information content (AvgIpc) is 2.99. The van der Waals surface area contributed by atoms with Crippen LogP contribution in [0.1, 0.15) is 6.42 Å². The molecule has 1 aliphatic heterocycles. The lowest BCUT2D eigenvalue weighted by atomic mass is 10.1. The number of nitrogens with one attached hydrogen (secondary N) is 1. The Morgan fingerprint density at radius 1 is 1.21 bits per heavy atom. The van der Waals surface area contributed by atoms with E-state index < -0.39 is 0 Å². The van der Waals surface area contributed by atoms with Gasteiger partial charge in [0.1, 0.15) is 5.75 Å². The van der Waals surface area contributed by atoms with E-state index in [1.165, 1.54) is 0 Å². The highest BCUT2D eigenvalue weighted by Crippen LogP contribution is 2.28. The van der Waals surface area contributed by atoms with E-state index in [1.807, 2.05) is 48.5 Å². The van der Waals surface area contributed by atoms with Gasteiger partial charge in [0, 0.05) is 22.2 Å². The number of hydrogen-bond acceptors (Lipinski definition) is 3. The second kappa shape index (κ2) is 7.21. The third-order valence-corrected chi connectivity index (χ3v) is 4.95. The minimum absolute atomic E-state index is 0.0388. The van der Waals surface area contributed by atoms with Crippen molar-refractivity contribution >= 4 is 45.8 Å². The SMILES string of the molecule is COc1ccc(N2C[C@@H](C(=O)Nc3ccccc3I)CC2=O)cc1. The molecule has 0 unspecified atom stereocenters. The molecule has 2 aromatic carbocycles. The number of carbonyl (C=O) groups is 2. The molecule has 24 heavy (non-hydrogen) atoms. The minimum atomic E-state index is -0.351. The standard InChI is InChI=1S/C18H17IN2O3/c1-24-14-8-6-13(7-9-14)21-11-12(10-17(21)22)18(23)20-16-5-3-2-4-15(16)19/h2-9,12H,10-11H2,1H3,(H,20,23)/t12-/m0/s1. The number of methoxy groups -OCH3 is 1. The molecule has 1 heterocycles. The molecule has 1 aliphatic rings. The molecule has 0 bridgehead atoms. The Morgan fingerprint density at radius 2 is 1.92 bits per heavy atom. The number of hydrogen-bond donors (Lipinski definition) is 1. The Hall–Kier alpha value is -2.09. The first-order valence-electron chi connectivity index (χ1n) is 7.58. The molecule has 6 heteroatoms. The summed E-state index contributed by atoms with van der Waals surface area (Å²) < 4.78 is 6.10. The predicted octanol–water partition coefficient (Wildman–Crippen LogP) is 3.29. The van der Waals surface area contributed by atoms with Crippen LogP contribution in [-0.2, 0) is 9.59 Å². The van der Waals surface area contributed by atoms with Crippen molar-refractivity contribution in [2.45, 2.75) is 6.42 Å². The smallest absolute Gasteiger partial charge is 0.229 e. The van der Waals surface area contributed by atoms with Crippen molar-refractivity contribution in [2.24, 2.45) is 5.92 Å². The van der Waals surface area contributed by atoms with Gasteiger partial charge in [-0.05, 0) is 59.0 Å². The number of rotatable bonds is 4. The van der Waals surface area contributed by atoms with Gasteiger partial charge in [-0.2, -0.15) is 0 Å². The molecule has 0 saturated carbocycles. The Bertz CT molecular complexity index is 761. The molecule has 3 rings (SSSR count). The Labute approximate surface area is 154 Å². The van der Waals surface area contributed by atoms with Gasteiger partial charge in [-0.1, -0.05) is 12.1 Å². The summed E-state index contributed by atoms with van der Waals surface area (Å²) in [5, 5.41) is 2.92. The van der Waals surface area contributed by atoms with Crippen molar-refractivity contribution in [3.05, 3.63) is 52.1 Å². The summed E-state index contributed by atoms with van der Waals surface area (Å²) in [6.45, 7) is 0.389. The number of carbonyl (C=O) groups excluding carboxylic acids is 2. The van der Waals surface area contributed by atoms with Crippen molar-refractivity contribution < 1.29 is 14.3 Å². The van der Waals surface area contributed by atoms with Gasteiger partial charge in [-0.25, -0.2) is 0 Å². The zero-order chi connectivity index (χ0) is 17.1. The highest BCUT2D eigenvalue weighted by Gasteiger charge is 2.35. The number of ether oxygens (including phenoxy) is 1. The zero-order valence-corrected chi connectivity index (χ0v) is 15.3. The number of amides is 2. The number of para-hydroxylation sites is 1. The summed E-state index contributed by atoms with van der Waals surface area (Å²) in [4.78, 5) is 26.4. The summed E-state index contributed by atoms with van der Waals surface area (Å²) in [7, 11) is 1.60. The number of halogens is 1. The predicted molar refractivity (Wildman–Crippen MR) is 101 cm³/mol. The third kappa shape index (κ3) is 3.53. The van der Waals surface area contributed by atoms with Gasteiger partial charge in [0.15, 0.2) is 0 Å². The van der Waals surface area contributed by atoms with Crippen molar-refractivity contribution in [1.29, 1.82) is 0 Å². The summed E-state index contributed by atoms with van der Waals surface area (Å²) in [5.74, 6) is 0.223. The lowest BCUT2D eigenvalue weighted by molar-refractivity contribution is -0.122. The van der Waals surface area contributed by atoms with E-state index >= 15 is 0 Å². The summed E-state index contributed by atoms with van der Waals surface area (Å²) in [6, 6.07) is 14.9. The van der Waals surface area contributed by atoms with E-state index in [0.717, 1.165) is 20.7 Å². The first kappa shape index (κ1) is 16.8. The normalized spacial score (nSPS) is 17.0. The van der Waals surface area contributed by atoms with Gasteiger partial charge in [-0.3, -0.25) is 9.59 Å². The number of nitrogens with zero attached hydrogens (tertiary/aromatic N) is 1. The van der Waals surface area contributed by atoms with Crippen LogP contribution >= 0.6 is 22.6 Å². The van der Waals surface area contributed by atoms with E-state index in [2.05, 4.69) is 27.9 Å². The molecule has 2 aromatic rings. The summed E-state index contributed by atoms with van der Waals surface area (Å²) in [6.07, 6.45) is 0.223. The van der Waals surface area contributed by atoms with E-state index in [0.29, 0.717) is 6.54 Å². The molecule has 0 aromatic heterocycles. The lowest BCUT2D eigenvalue weighted by Crippen LogP contribution is -2.28. The average molecular weight is 436 g/mol. The second-order valence-electron chi connectivity index (χ2n) is 5.57. The molecule has 2 amide bonds. The zero-order valence-electron chi connectivity index (χ0n) is 13.2. The second-order valence-corrected chi connectivity index (χ2v) is 6.73. The molecular formula is C18H17IN2O3. The third-order valence-electron chi connectivity index (χ3n) is 4.01. The van der Waals surface area contributed by atoms with Gasteiger partial charge < -0.3 is 15.0 Å². The van der Waals surface area contributed by atoms with Crippen molar-refractivity contribution in [1.82, 2.24) is 0 Å². The topological polar surface area (TPSA) is 58.6 Å². The van der Waals surface area contributed by atoms with Crippen molar-refractivity contribution in [3.63, 3.8) is 0 Å². The fourth-order valence-corrected chi connectivity index (χ4v) is 3.21. The number of anilines is 2. The van der Waals surface area contributed by atoms with Crippen LogP contribution in [0.2, 0.25) is 0 Å². The molecule has 1 atom stereocenters. The van der Waals surface area contributed by atoms with Crippen LogP contribution in [-0.4, -0.2) is 25.5 Å². The van der Waals surface area contributed by atoms with Gasteiger partial charge in [0.2, 0.25) is 11.8 Å². The first-order valence-corrected chi connectivity index (χ1v) is 8.66. The number of benzene rings is 2. The fraction of sp³-hybridized carbons (Fsp3) is 0.222. The Kier molecular flexibility index (Phi) is 5.03. The maximum Gasteiger partial charge on any atom is 0.229 e. The van der Waals surface area contributed by atoms with Crippen LogP contribution in [0.15, 0.2) is 48.5 Å². The van der Waals surface area contributed by atoms with Gasteiger partial charge >= 0.3 is 0 Å². The molecule has 124 valence electrons. The van der Waals surface area contributed by atoms with Crippen LogP contribution in [0.4, 0.5) is 11.4 Å². The molecule has 0 aliphatic carbocycles. The molecule has 0 radical (unpaired) electrons. The maximum atomic E-state index is 12.5. The van der Waals surface area contributed by atoms with Crippen LogP contribution in [0.3, 0.4) is 0 Å². The summed E-state index contributed by atoms with van der Waals surface area (Å²) in [5.41, 5.74) is 1.56. The molecule has 1 saturated heterocycles. The highest BCUT2D eigenvalue weighted by atomic mass is 127. The van der Waals surface area contributed by atoms with Crippen LogP contribution in [0.25, 0.3) is 0 Å². The quantitative estimate of drug-likeness (QED) is 0.749. The lowest BCUT2D eigenvalue weighted by Gasteiger charge is -2.17. The van der Waals surface area contributed by atoms with Gasteiger partial charge in [-0.15, -0.1) is 0 Å². The molecule has 0 spiro atoms. The first-order chi connectivity index (χ1) is 11.6. The molecule has 1 fully saturated rings. The minimum Gasteiger partial charge on any atom is -0.497 e. The van der Waals surface area contributed by atoms with E-state index in [1.54, 1.807) is 12.0 Å². The van der Waals surface area contributed by atoms with Gasteiger partial charge in [0.25, 0.3) is 0 Å². The summed E-state index contributed by atoms with van der Waals surface area (Å²) >= 11 is 2.18. The van der Waals surface area contributed by atoms with E-state index in [-0.39, 0.29) is 24.2 Å². The van der Waals surface area contributed by atoms with Crippen LogP contribution in [0.5, 0.6) is 5.75 Å². The van der Waals surface area contributed by atoms with Crippen LogP contribution < -0.4 is 15.0 Å². The monoisotopic (exact) mass is 436 g/mol. The Morgan fingerprint density at radius 3 is 2.58 bits per heavy atom. The van der Waals surface area contributed by atoms with Crippen molar-refractivity contribution in [3.8, 4) is 5.75 Å². The molecule has 5 nitrogen and oxygen atoms in total. The van der Waals surface area contributed by atoms with E-state index in [9.17, 15) is 9.59 Å². The molecular weight excluding hydrogens is 419 g/mol. The van der Waals surface area contributed by atoms with Crippen LogP contribution in [0, 0.1) is 9.49 Å². The van der Waals surface area contributed by atoms with Crippen molar-refractivity contribution in [2.75, 3.05) is 23.9 Å². The molecule has 1 N–H and O–H groups in total. The van der Waals surface area contributed by atoms with E-state index in [4.69, 9.17) is 4.74 Å². The fourth-order valence-electron chi connectivity index (χ4n) is 2.69. The largest absolute Gasteiger partial charge is 0.497 e. The highest BCUT2D eigenvalue weighted by molar-refractivity contribution is 14.1. The maximum absolute atomic E-state index is 12.5.